The third-order valence-electron chi connectivity index (χ3n) is 5.15. The lowest BCUT2D eigenvalue weighted by Gasteiger charge is -2.50. The van der Waals surface area contributed by atoms with Crippen molar-refractivity contribution in [2.45, 2.75) is 75.4 Å². The Hall–Kier alpha value is -0.860. The van der Waals surface area contributed by atoms with E-state index < -0.39 is 20.9 Å². The first-order valence-corrected chi connectivity index (χ1v) is 9.92. The standard InChI is InChI=1S/C15H27N3O4S/c1-15(2,3)22-14(19)17-8-12(9-17)18-10-4-5-11(18)7-13(6-10)23(16,20)21/h10-13H,4-9H2,1-3H3,(H2,16,20,21)/t10-,11+,13+. The van der Waals surface area contributed by atoms with Crippen molar-refractivity contribution in [1.29, 1.82) is 0 Å². The SMILES string of the molecule is CC(C)(C)OC(=O)N1CC(N2[C@@H]3CC[C@H]2C[C@@H](S(N)(=O)=O)C3)C1. The van der Waals surface area contributed by atoms with Crippen LogP contribution in [0.2, 0.25) is 0 Å². The van der Waals surface area contributed by atoms with Gasteiger partial charge in [-0.15, -0.1) is 0 Å². The summed E-state index contributed by atoms with van der Waals surface area (Å²) in [6.07, 6.45) is 3.04. The fourth-order valence-electron chi connectivity index (χ4n) is 4.15. The number of nitrogens with two attached hydrogens (primary N) is 1. The molecule has 3 heterocycles. The molecule has 2 bridgehead atoms. The van der Waals surface area contributed by atoms with E-state index in [9.17, 15) is 13.2 Å². The molecule has 0 aromatic carbocycles. The summed E-state index contributed by atoms with van der Waals surface area (Å²) in [6, 6.07) is 0.882. The summed E-state index contributed by atoms with van der Waals surface area (Å²) >= 11 is 0. The summed E-state index contributed by atoms with van der Waals surface area (Å²) in [7, 11) is -3.45. The predicted octanol–water partition coefficient (Wildman–Crippen LogP) is 0.890. The molecule has 0 unspecified atom stereocenters. The minimum absolute atomic E-state index is 0.263. The molecule has 3 saturated heterocycles. The molecule has 3 rings (SSSR count). The molecule has 0 aromatic rings. The van der Waals surface area contributed by atoms with E-state index in [4.69, 9.17) is 9.88 Å². The Labute approximate surface area is 138 Å². The number of rotatable bonds is 2. The summed E-state index contributed by atoms with van der Waals surface area (Å²) in [6.45, 7) is 6.92. The molecule has 7 nitrogen and oxygen atoms in total. The molecule has 3 atom stereocenters. The van der Waals surface area contributed by atoms with E-state index in [0.717, 1.165) is 12.8 Å². The Morgan fingerprint density at radius 3 is 2.04 bits per heavy atom. The lowest BCUT2D eigenvalue weighted by Crippen LogP contribution is -2.65. The maximum absolute atomic E-state index is 12.0. The molecule has 2 N–H and O–H groups in total. The molecule has 8 heteroatoms. The first-order valence-electron chi connectivity index (χ1n) is 8.31. The molecule has 0 saturated carbocycles. The second-order valence-corrected chi connectivity index (χ2v) is 9.90. The summed E-state index contributed by atoms with van der Waals surface area (Å²) in [5.41, 5.74) is -0.477. The van der Waals surface area contributed by atoms with Crippen LogP contribution in [0, 0.1) is 0 Å². The van der Waals surface area contributed by atoms with Crippen molar-refractivity contribution in [2.75, 3.05) is 13.1 Å². The van der Waals surface area contributed by atoms with Gasteiger partial charge in [-0.1, -0.05) is 0 Å². The number of carbonyl (C=O) groups is 1. The number of hydrogen-bond acceptors (Lipinski definition) is 5. The number of piperidine rings is 1. The molecule has 132 valence electrons. The van der Waals surface area contributed by atoms with Gasteiger partial charge in [-0.2, -0.15) is 0 Å². The van der Waals surface area contributed by atoms with Crippen LogP contribution in [-0.2, 0) is 14.8 Å². The summed E-state index contributed by atoms with van der Waals surface area (Å²) in [5.74, 6) is 0. The zero-order chi connectivity index (χ0) is 17.0. The van der Waals surface area contributed by atoms with Crippen LogP contribution in [0.25, 0.3) is 0 Å². The molecule has 3 aliphatic rings. The molecule has 0 aliphatic carbocycles. The van der Waals surface area contributed by atoms with E-state index in [1.165, 1.54) is 0 Å². The van der Waals surface area contributed by atoms with Gasteiger partial charge in [-0.25, -0.2) is 18.4 Å². The van der Waals surface area contributed by atoms with Crippen LogP contribution in [-0.4, -0.2) is 66.4 Å². The van der Waals surface area contributed by atoms with E-state index in [1.54, 1.807) is 4.90 Å². The maximum Gasteiger partial charge on any atom is 0.410 e. The highest BCUT2D eigenvalue weighted by Gasteiger charge is 2.50. The third-order valence-corrected chi connectivity index (χ3v) is 6.46. The minimum Gasteiger partial charge on any atom is -0.444 e. The Morgan fingerprint density at radius 2 is 1.61 bits per heavy atom. The number of ether oxygens (including phenoxy) is 1. The quantitative estimate of drug-likeness (QED) is 0.802. The Kier molecular flexibility index (Phi) is 4.13. The summed E-state index contributed by atoms with van der Waals surface area (Å²) in [5, 5.41) is 4.93. The van der Waals surface area contributed by atoms with E-state index >= 15 is 0 Å². The summed E-state index contributed by atoms with van der Waals surface area (Å²) < 4.78 is 28.6. The zero-order valence-electron chi connectivity index (χ0n) is 14.1. The van der Waals surface area contributed by atoms with Crippen molar-refractivity contribution in [1.82, 2.24) is 9.80 Å². The Balaban J connectivity index is 1.56. The van der Waals surface area contributed by atoms with Gasteiger partial charge < -0.3 is 9.64 Å². The van der Waals surface area contributed by atoms with Crippen molar-refractivity contribution in [3.63, 3.8) is 0 Å². The Bertz CT molecular complexity index is 566. The molecule has 1 amide bonds. The highest BCUT2D eigenvalue weighted by atomic mass is 32.2. The average molecular weight is 345 g/mol. The van der Waals surface area contributed by atoms with Gasteiger partial charge in [0, 0.05) is 31.2 Å². The van der Waals surface area contributed by atoms with Crippen molar-refractivity contribution in [2.24, 2.45) is 5.14 Å². The van der Waals surface area contributed by atoms with Crippen LogP contribution in [0.4, 0.5) is 4.79 Å². The van der Waals surface area contributed by atoms with Crippen LogP contribution in [0.15, 0.2) is 0 Å². The van der Waals surface area contributed by atoms with Gasteiger partial charge >= 0.3 is 6.09 Å². The number of nitrogens with zero attached hydrogens (tertiary/aromatic N) is 2. The fourth-order valence-corrected chi connectivity index (χ4v) is 5.13. The van der Waals surface area contributed by atoms with Gasteiger partial charge in [-0.05, 0) is 46.5 Å². The lowest BCUT2D eigenvalue weighted by molar-refractivity contribution is -0.0339. The van der Waals surface area contributed by atoms with Crippen molar-refractivity contribution < 1.29 is 17.9 Å². The molecular formula is C15H27N3O4S. The second-order valence-electron chi connectivity index (χ2n) is 8.05. The van der Waals surface area contributed by atoms with Crippen molar-refractivity contribution in [3.05, 3.63) is 0 Å². The van der Waals surface area contributed by atoms with Gasteiger partial charge in [0.25, 0.3) is 0 Å². The lowest BCUT2D eigenvalue weighted by atomic mass is 9.96. The average Bonchev–Trinajstić information content (AvgIpc) is 2.56. The van der Waals surface area contributed by atoms with Crippen LogP contribution < -0.4 is 5.14 Å². The highest BCUT2D eigenvalue weighted by Crippen LogP contribution is 2.40. The maximum atomic E-state index is 12.0. The number of primary sulfonamides is 1. The van der Waals surface area contributed by atoms with Gasteiger partial charge in [0.2, 0.25) is 10.0 Å². The van der Waals surface area contributed by atoms with Gasteiger partial charge in [0.15, 0.2) is 0 Å². The number of fused-ring (bicyclic) bond motifs is 2. The monoisotopic (exact) mass is 345 g/mol. The molecule has 0 aromatic heterocycles. The normalized spacial score (nSPS) is 32.7. The predicted molar refractivity (Wildman–Crippen MR) is 86.4 cm³/mol. The van der Waals surface area contributed by atoms with Crippen molar-refractivity contribution >= 4 is 16.1 Å². The molecule has 0 radical (unpaired) electrons. The largest absolute Gasteiger partial charge is 0.444 e. The molecule has 0 spiro atoms. The summed E-state index contributed by atoms with van der Waals surface area (Å²) in [4.78, 5) is 16.2. The first-order chi connectivity index (χ1) is 10.5. The van der Waals surface area contributed by atoms with E-state index in [1.807, 2.05) is 20.8 Å². The van der Waals surface area contributed by atoms with Gasteiger partial charge in [-0.3, -0.25) is 4.90 Å². The second kappa shape index (κ2) is 5.60. The molecule has 3 aliphatic heterocycles. The van der Waals surface area contributed by atoms with Crippen LogP contribution in [0.3, 0.4) is 0 Å². The van der Waals surface area contributed by atoms with Gasteiger partial charge in [0.05, 0.1) is 5.25 Å². The number of carbonyl (C=O) groups excluding carboxylic acids is 1. The van der Waals surface area contributed by atoms with Gasteiger partial charge in [0.1, 0.15) is 5.60 Å². The fraction of sp³-hybridized carbons (Fsp3) is 0.933. The molecular weight excluding hydrogens is 318 g/mol. The van der Waals surface area contributed by atoms with Crippen LogP contribution >= 0.6 is 0 Å². The first kappa shape index (κ1) is 17.0. The Morgan fingerprint density at radius 1 is 1.09 bits per heavy atom. The van der Waals surface area contributed by atoms with E-state index in [0.29, 0.717) is 32.0 Å². The molecule has 23 heavy (non-hydrogen) atoms. The smallest absolute Gasteiger partial charge is 0.410 e. The zero-order valence-corrected chi connectivity index (χ0v) is 14.9. The number of amides is 1. The van der Waals surface area contributed by atoms with Crippen LogP contribution in [0.1, 0.15) is 46.5 Å². The highest BCUT2D eigenvalue weighted by molar-refractivity contribution is 7.89. The number of sulfonamides is 1. The third kappa shape index (κ3) is 3.49. The van der Waals surface area contributed by atoms with E-state index in [2.05, 4.69) is 4.90 Å². The number of likely N-dealkylation sites (tertiary alicyclic amines) is 1. The number of hydrogen-bond donors (Lipinski definition) is 1. The van der Waals surface area contributed by atoms with Crippen molar-refractivity contribution in [3.8, 4) is 0 Å². The van der Waals surface area contributed by atoms with E-state index in [-0.39, 0.29) is 18.2 Å². The minimum atomic E-state index is -3.45. The topological polar surface area (TPSA) is 92.9 Å². The molecule has 3 fully saturated rings. The van der Waals surface area contributed by atoms with Crippen LogP contribution in [0.5, 0.6) is 0 Å².